The SMILES string of the molecule is Cc1ccc(C(CNC(=O)C(=O)Nc2ccc(C)c(N3CCCC3=O)c2)OCCO)cc1. The molecule has 8 heteroatoms. The summed E-state index contributed by atoms with van der Waals surface area (Å²) in [6.07, 6.45) is 0.822. The van der Waals surface area contributed by atoms with E-state index in [1.807, 2.05) is 44.2 Å². The minimum Gasteiger partial charge on any atom is -0.394 e. The van der Waals surface area contributed by atoms with Crippen LogP contribution < -0.4 is 15.5 Å². The highest BCUT2D eigenvalue weighted by Gasteiger charge is 2.24. The molecule has 0 aliphatic carbocycles. The van der Waals surface area contributed by atoms with Crippen LogP contribution in [0.25, 0.3) is 0 Å². The first-order valence-corrected chi connectivity index (χ1v) is 10.7. The van der Waals surface area contributed by atoms with E-state index in [0.29, 0.717) is 18.7 Å². The molecule has 3 amide bonds. The van der Waals surface area contributed by atoms with Crippen LogP contribution in [0.2, 0.25) is 0 Å². The standard InChI is InChI=1S/C24H29N3O5/c1-16-5-8-18(9-6-16)21(32-13-12-28)15-25-23(30)24(31)26-19-10-7-17(2)20(14-19)27-11-3-4-22(27)29/h5-10,14,21,28H,3-4,11-13,15H2,1-2H3,(H,25,30)(H,26,31). The van der Waals surface area contributed by atoms with Crippen LogP contribution in [0.3, 0.4) is 0 Å². The minimum absolute atomic E-state index is 0.0550. The maximum absolute atomic E-state index is 12.4. The second kappa shape index (κ2) is 10.9. The second-order valence-electron chi connectivity index (χ2n) is 7.81. The van der Waals surface area contributed by atoms with Crippen molar-refractivity contribution in [3.63, 3.8) is 0 Å². The molecular formula is C24H29N3O5. The van der Waals surface area contributed by atoms with Gasteiger partial charge in [-0.05, 0) is 43.5 Å². The van der Waals surface area contributed by atoms with Crippen molar-refractivity contribution < 1.29 is 24.2 Å². The number of nitrogens with one attached hydrogen (secondary N) is 2. The zero-order chi connectivity index (χ0) is 23.1. The van der Waals surface area contributed by atoms with Crippen LogP contribution in [-0.2, 0) is 19.1 Å². The van der Waals surface area contributed by atoms with Gasteiger partial charge in [-0.3, -0.25) is 14.4 Å². The van der Waals surface area contributed by atoms with Crippen LogP contribution in [0.5, 0.6) is 0 Å². The average Bonchev–Trinajstić information content (AvgIpc) is 3.21. The molecule has 1 unspecified atom stereocenters. The molecule has 1 saturated heterocycles. The lowest BCUT2D eigenvalue weighted by Gasteiger charge is -2.20. The maximum atomic E-state index is 12.4. The van der Waals surface area contributed by atoms with Crippen LogP contribution in [0.1, 0.15) is 35.6 Å². The molecule has 1 atom stereocenters. The van der Waals surface area contributed by atoms with Crippen molar-refractivity contribution in [2.45, 2.75) is 32.8 Å². The minimum atomic E-state index is -0.808. The fraction of sp³-hybridized carbons (Fsp3) is 0.375. The third-order valence-electron chi connectivity index (χ3n) is 5.34. The molecule has 3 rings (SSSR count). The van der Waals surface area contributed by atoms with Gasteiger partial charge in [-0.15, -0.1) is 0 Å². The summed E-state index contributed by atoms with van der Waals surface area (Å²) in [4.78, 5) is 38.6. The molecule has 32 heavy (non-hydrogen) atoms. The number of aliphatic hydroxyl groups is 1. The van der Waals surface area contributed by atoms with Gasteiger partial charge in [-0.2, -0.15) is 0 Å². The van der Waals surface area contributed by atoms with Crippen molar-refractivity contribution >= 4 is 29.1 Å². The molecule has 170 valence electrons. The molecular weight excluding hydrogens is 410 g/mol. The summed E-state index contributed by atoms with van der Waals surface area (Å²) >= 11 is 0. The van der Waals surface area contributed by atoms with E-state index in [-0.39, 0.29) is 25.7 Å². The summed E-state index contributed by atoms with van der Waals surface area (Å²) in [7, 11) is 0. The summed E-state index contributed by atoms with van der Waals surface area (Å²) in [6, 6.07) is 12.9. The summed E-state index contributed by atoms with van der Waals surface area (Å²) < 4.78 is 5.63. The molecule has 0 bridgehead atoms. The van der Waals surface area contributed by atoms with E-state index in [9.17, 15) is 14.4 Å². The van der Waals surface area contributed by atoms with Gasteiger partial charge in [0.15, 0.2) is 0 Å². The van der Waals surface area contributed by atoms with Gasteiger partial charge >= 0.3 is 11.8 Å². The Labute approximate surface area is 187 Å². The number of rotatable bonds is 8. The molecule has 0 aromatic heterocycles. The highest BCUT2D eigenvalue weighted by molar-refractivity contribution is 6.39. The van der Waals surface area contributed by atoms with Gasteiger partial charge in [0.1, 0.15) is 0 Å². The topological polar surface area (TPSA) is 108 Å². The number of carbonyl (C=O) groups excluding carboxylic acids is 3. The first-order chi connectivity index (χ1) is 15.4. The van der Waals surface area contributed by atoms with Crippen LogP contribution in [0, 0.1) is 13.8 Å². The van der Waals surface area contributed by atoms with Crippen molar-refractivity contribution in [2.24, 2.45) is 0 Å². The lowest BCUT2D eigenvalue weighted by Crippen LogP contribution is -2.38. The van der Waals surface area contributed by atoms with Crippen molar-refractivity contribution in [1.29, 1.82) is 0 Å². The molecule has 0 saturated carbocycles. The van der Waals surface area contributed by atoms with Crippen LogP contribution in [0.15, 0.2) is 42.5 Å². The van der Waals surface area contributed by atoms with E-state index in [1.165, 1.54) is 0 Å². The first kappa shape index (κ1) is 23.4. The number of hydrogen-bond acceptors (Lipinski definition) is 5. The van der Waals surface area contributed by atoms with Crippen LogP contribution in [0.4, 0.5) is 11.4 Å². The van der Waals surface area contributed by atoms with Gasteiger partial charge in [0, 0.05) is 30.9 Å². The molecule has 2 aromatic carbocycles. The Bertz CT molecular complexity index is 974. The monoisotopic (exact) mass is 439 g/mol. The van der Waals surface area contributed by atoms with Crippen molar-refractivity contribution in [3.8, 4) is 0 Å². The number of aliphatic hydroxyl groups excluding tert-OH is 1. The van der Waals surface area contributed by atoms with E-state index in [1.54, 1.807) is 17.0 Å². The van der Waals surface area contributed by atoms with E-state index in [0.717, 1.165) is 28.8 Å². The Morgan fingerprint density at radius 1 is 1.12 bits per heavy atom. The zero-order valence-corrected chi connectivity index (χ0v) is 18.4. The molecule has 1 aliphatic rings. The largest absolute Gasteiger partial charge is 0.394 e. The van der Waals surface area contributed by atoms with Crippen molar-refractivity contribution in [1.82, 2.24) is 5.32 Å². The van der Waals surface area contributed by atoms with Crippen molar-refractivity contribution in [2.75, 3.05) is 36.5 Å². The van der Waals surface area contributed by atoms with E-state index >= 15 is 0 Å². The predicted molar refractivity (Wildman–Crippen MR) is 121 cm³/mol. The van der Waals surface area contributed by atoms with Gasteiger partial charge < -0.3 is 25.4 Å². The molecule has 2 aromatic rings. The lowest BCUT2D eigenvalue weighted by atomic mass is 10.1. The smallest absolute Gasteiger partial charge is 0.313 e. The molecule has 1 fully saturated rings. The van der Waals surface area contributed by atoms with E-state index < -0.39 is 17.9 Å². The van der Waals surface area contributed by atoms with Gasteiger partial charge in [-0.1, -0.05) is 35.9 Å². The maximum Gasteiger partial charge on any atom is 0.313 e. The Morgan fingerprint density at radius 2 is 1.88 bits per heavy atom. The number of carbonyl (C=O) groups is 3. The quantitative estimate of drug-likeness (QED) is 0.547. The van der Waals surface area contributed by atoms with Gasteiger partial charge in [0.2, 0.25) is 5.91 Å². The molecule has 1 heterocycles. The van der Waals surface area contributed by atoms with E-state index in [2.05, 4.69) is 10.6 Å². The number of benzene rings is 2. The molecule has 0 spiro atoms. The van der Waals surface area contributed by atoms with Gasteiger partial charge in [0.05, 0.1) is 19.3 Å². The summed E-state index contributed by atoms with van der Waals surface area (Å²) in [5.41, 5.74) is 4.03. The van der Waals surface area contributed by atoms with Crippen molar-refractivity contribution in [3.05, 3.63) is 59.2 Å². The second-order valence-corrected chi connectivity index (χ2v) is 7.81. The number of nitrogens with zero attached hydrogens (tertiary/aromatic N) is 1. The number of ether oxygens (including phenoxy) is 1. The predicted octanol–water partition coefficient (Wildman–Crippen LogP) is 2.24. The highest BCUT2D eigenvalue weighted by atomic mass is 16.5. The summed E-state index contributed by atoms with van der Waals surface area (Å²) in [6.45, 7) is 4.56. The van der Waals surface area contributed by atoms with Gasteiger partial charge in [-0.25, -0.2) is 0 Å². The Hall–Kier alpha value is -3.23. The fourth-order valence-electron chi connectivity index (χ4n) is 3.58. The molecule has 0 radical (unpaired) electrons. The number of anilines is 2. The number of amides is 3. The number of hydrogen-bond donors (Lipinski definition) is 3. The lowest BCUT2D eigenvalue weighted by molar-refractivity contribution is -0.136. The average molecular weight is 440 g/mol. The number of aryl methyl sites for hydroxylation is 2. The van der Waals surface area contributed by atoms with Crippen LogP contribution >= 0.6 is 0 Å². The highest BCUT2D eigenvalue weighted by Crippen LogP contribution is 2.28. The Kier molecular flexibility index (Phi) is 7.97. The summed E-state index contributed by atoms with van der Waals surface area (Å²) in [5.74, 6) is -1.55. The fourth-order valence-corrected chi connectivity index (χ4v) is 3.58. The van der Waals surface area contributed by atoms with Gasteiger partial charge in [0.25, 0.3) is 0 Å². The van der Waals surface area contributed by atoms with Crippen LogP contribution in [-0.4, -0.2) is 49.1 Å². The third kappa shape index (κ3) is 5.93. The normalized spacial score (nSPS) is 14.3. The Balaban J connectivity index is 1.62. The first-order valence-electron chi connectivity index (χ1n) is 10.7. The molecule has 3 N–H and O–H groups in total. The molecule has 8 nitrogen and oxygen atoms in total. The Morgan fingerprint density at radius 3 is 2.53 bits per heavy atom. The van der Waals surface area contributed by atoms with E-state index in [4.69, 9.17) is 9.84 Å². The summed E-state index contributed by atoms with van der Waals surface area (Å²) in [5, 5.41) is 14.3. The molecule has 1 aliphatic heterocycles. The zero-order valence-electron chi connectivity index (χ0n) is 18.4. The third-order valence-corrected chi connectivity index (χ3v) is 5.34.